The molecule has 1 aromatic carbocycles. The van der Waals surface area contributed by atoms with E-state index < -0.39 is 0 Å². The molecule has 0 aliphatic heterocycles. The number of aryl methyl sites for hydroxylation is 2. The Morgan fingerprint density at radius 3 is 2.17 bits per heavy atom. The van der Waals surface area contributed by atoms with E-state index in [0.29, 0.717) is 6.42 Å². The number of aliphatic hydroxyl groups is 1. The van der Waals surface area contributed by atoms with Gasteiger partial charge in [-0.05, 0) is 36.1 Å². The molecular weight excluding hydrogens is 240 g/mol. The molecule has 0 aliphatic rings. The minimum absolute atomic E-state index is 0.372. The van der Waals surface area contributed by atoms with Crippen molar-refractivity contribution in [3.05, 3.63) is 57.3 Å². The van der Waals surface area contributed by atoms with E-state index in [1.54, 1.807) is 11.3 Å². The molecule has 1 N–H and O–H groups in total. The molecule has 1 heterocycles. The van der Waals surface area contributed by atoms with Crippen LogP contribution in [-0.2, 0) is 19.3 Å². The highest BCUT2D eigenvalue weighted by atomic mass is 32.1. The summed E-state index contributed by atoms with van der Waals surface area (Å²) < 4.78 is 0. The smallest absolute Gasteiger partial charge is 0.0922 e. The van der Waals surface area contributed by atoms with Crippen LogP contribution in [0, 0.1) is 0 Å². The lowest BCUT2D eigenvalue weighted by Crippen LogP contribution is -1.99. The molecule has 96 valence electrons. The minimum Gasteiger partial charge on any atom is -0.387 e. The number of hydrogen-bond donors (Lipinski definition) is 1. The molecule has 1 unspecified atom stereocenters. The van der Waals surface area contributed by atoms with E-state index in [4.69, 9.17) is 0 Å². The van der Waals surface area contributed by atoms with Crippen molar-refractivity contribution in [2.75, 3.05) is 0 Å². The Kier molecular flexibility index (Phi) is 4.56. The maximum atomic E-state index is 10.2. The van der Waals surface area contributed by atoms with Gasteiger partial charge in [-0.15, -0.1) is 11.3 Å². The Morgan fingerprint density at radius 1 is 0.944 bits per heavy atom. The standard InChI is InChI=1S/C16H20OS/c1-3-12-5-7-13(8-6-12)11-15(17)16-10-9-14(4-2)18-16/h5-10,15,17H,3-4,11H2,1-2H3. The summed E-state index contributed by atoms with van der Waals surface area (Å²) in [4.78, 5) is 2.41. The van der Waals surface area contributed by atoms with Gasteiger partial charge in [0.2, 0.25) is 0 Å². The topological polar surface area (TPSA) is 20.2 Å². The molecular formula is C16H20OS. The Morgan fingerprint density at radius 2 is 1.61 bits per heavy atom. The molecule has 0 saturated carbocycles. The highest BCUT2D eigenvalue weighted by Gasteiger charge is 2.11. The van der Waals surface area contributed by atoms with Crippen LogP contribution in [0.25, 0.3) is 0 Å². The van der Waals surface area contributed by atoms with Crippen LogP contribution in [0.15, 0.2) is 36.4 Å². The lowest BCUT2D eigenvalue weighted by molar-refractivity contribution is 0.182. The van der Waals surface area contributed by atoms with Crippen LogP contribution in [0.5, 0.6) is 0 Å². The zero-order valence-corrected chi connectivity index (χ0v) is 11.8. The van der Waals surface area contributed by atoms with Gasteiger partial charge in [-0.25, -0.2) is 0 Å². The van der Waals surface area contributed by atoms with E-state index in [2.05, 4.69) is 50.2 Å². The Labute approximate surface area is 113 Å². The van der Waals surface area contributed by atoms with Crippen molar-refractivity contribution < 1.29 is 5.11 Å². The predicted molar refractivity (Wildman–Crippen MR) is 78.2 cm³/mol. The van der Waals surface area contributed by atoms with Gasteiger partial charge in [-0.2, -0.15) is 0 Å². The van der Waals surface area contributed by atoms with Crippen LogP contribution in [0.2, 0.25) is 0 Å². The third-order valence-corrected chi connectivity index (χ3v) is 4.55. The average molecular weight is 260 g/mol. The number of benzene rings is 1. The first-order chi connectivity index (χ1) is 8.72. The van der Waals surface area contributed by atoms with E-state index in [9.17, 15) is 5.11 Å². The van der Waals surface area contributed by atoms with Gasteiger partial charge < -0.3 is 5.11 Å². The highest BCUT2D eigenvalue weighted by molar-refractivity contribution is 7.12. The summed E-state index contributed by atoms with van der Waals surface area (Å²) in [6, 6.07) is 12.7. The fraction of sp³-hybridized carbons (Fsp3) is 0.375. The average Bonchev–Trinajstić information content (AvgIpc) is 2.88. The first-order valence-corrected chi connectivity index (χ1v) is 7.39. The van der Waals surface area contributed by atoms with Gasteiger partial charge in [0.25, 0.3) is 0 Å². The van der Waals surface area contributed by atoms with E-state index in [1.807, 2.05) is 0 Å². The van der Waals surface area contributed by atoms with Gasteiger partial charge in [-0.3, -0.25) is 0 Å². The second-order valence-corrected chi connectivity index (χ2v) is 5.75. The van der Waals surface area contributed by atoms with Gasteiger partial charge >= 0.3 is 0 Å². The monoisotopic (exact) mass is 260 g/mol. The second kappa shape index (κ2) is 6.17. The molecule has 2 rings (SSSR count). The molecule has 1 nitrogen and oxygen atoms in total. The maximum absolute atomic E-state index is 10.2. The summed E-state index contributed by atoms with van der Waals surface area (Å²) in [5.74, 6) is 0. The largest absolute Gasteiger partial charge is 0.387 e. The molecule has 2 heteroatoms. The van der Waals surface area contributed by atoms with Gasteiger partial charge in [-0.1, -0.05) is 38.1 Å². The number of hydrogen-bond acceptors (Lipinski definition) is 2. The fourth-order valence-electron chi connectivity index (χ4n) is 2.00. The van der Waals surface area contributed by atoms with Crippen LogP contribution >= 0.6 is 11.3 Å². The molecule has 1 atom stereocenters. The first-order valence-electron chi connectivity index (χ1n) is 6.57. The van der Waals surface area contributed by atoms with Gasteiger partial charge in [0.05, 0.1) is 6.10 Å². The van der Waals surface area contributed by atoms with Crippen molar-refractivity contribution in [1.29, 1.82) is 0 Å². The van der Waals surface area contributed by atoms with Crippen LogP contribution < -0.4 is 0 Å². The second-order valence-electron chi connectivity index (χ2n) is 4.55. The Hall–Kier alpha value is -1.12. The van der Waals surface area contributed by atoms with Crippen molar-refractivity contribution in [3.8, 4) is 0 Å². The molecule has 1 aromatic heterocycles. The molecule has 0 aliphatic carbocycles. The number of rotatable bonds is 5. The minimum atomic E-state index is -0.372. The van der Waals surface area contributed by atoms with Crippen molar-refractivity contribution in [3.63, 3.8) is 0 Å². The Bertz CT molecular complexity index is 484. The summed E-state index contributed by atoms with van der Waals surface area (Å²) in [6.45, 7) is 4.30. The first kappa shape index (κ1) is 13.3. The highest BCUT2D eigenvalue weighted by Crippen LogP contribution is 2.26. The van der Waals surface area contributed by atoms with E-state index in [-0.39, 0.29) is 6.10 Å². The van der Waals surface area contributed by atoms with Crippen molar-refractivity contribution >= 4 is 11.3 Å². The van der Waals surface area contributed by atoms with E-state index in [1.165, 1.54) is 16.0 Å². The number of thiophene rings is 1. The fourth-order valence-corrected chi connectivity index (χ4v) is 2.94. The van der Waals surface area contributed by atoms with Crippen molar-refractivity contribution in [2.24, 2.45) is 0 Å². The maximum Gasteiger partial charge on any atom is 0.0922 e. The molecule has 2 aromatic rings. The Balaban J connectivity index is 2.03. The van der Waals surface area contributed by atoms with Crippen LogP contribution in [-0.4, -0.2) is 5.11 Å². The van der Waals surface area contributed by atoms with Crippen molar-refractivity contribution in [2.45, 2.75) is 39.2 Å². The molecule has 0 bridgehead atoms. The summed E-state index contributed by atoms with van der Waals surface area (Å²) in [6.07, 6.45) is 2.44. The van der Waals surface area contributed by atoms with Crippen LogP contribution in [0.4, 0.5) is 0 Å². The summed E-state index contributed by atoms with van der Waals surface area (Å²) >= 11 is 1.72. The van der Waals surface area contributed by atoms with E-state index in [0.717, 1.165) is 17.7 Å². The molecule has 0 saturated heterocycles. The molecule has 0 amide bonds. The quantitative estimate of drug-likeness (QED) is 0.856. The third-order valence-electron chi connectivity index (χ3n) is 3.22. The van der Waals surface area contributed by atoms with E-state index >= 15 is 0 Å². The lowest BCUT2D eigenvalue weighted by Gasteiger charge is -2.09. The van der Waals surface area contributed by atoms with Gasteiger partial charge in [0.15, 0.2) is 0 Å². The summed E-state index contributed by atoms with van der Waals surface area (Å²) in [5, 5.41) is 10.2. The molecule has 0 fully saturated rings. The molecule has 0 spiro atoms. The SMILES string of the molecule is CCc1ccc(CC(O)c2ccc(CC)s2)cc1. The predicted octanol–water partition coefficient (Wildman–Crippen LogP) is 4.15. The zero-order chi connectivity index (χ0) is 13.0. The third kappa shape index (κ3) is 3.21. The van der Waals surface area contributed by atoms with Crippen molar-refractivity contribution in [1.82, 2.24) is 0 Å². The van der Waals surface area contributed by atoms with Gasteiger partial charge in [0, 0.05) is 16.2 Å². The normalized spacial score (nSPS) is 12.6. The molecule has 0 radical (unpaired) electrons. The number of aliphatic hydroxyl groups excluding tert-OH is 1. The molecule has 18 heavy (non-hydrogen) atoms. The van der Waals surface area contributed by atoms with Gasteiger partial charge in [0.1, 0.15) is 0 Å². The summed E-state index contributed by atoms with van der Waals surface area (Å²) in [5.41, 5.74) is 2.55. The van der Waals surface area contributed by atoms with Crippen LogP contribution in [0.3, 0.4) is 0 Å². The zero-order valence-electron chi connectivity index (χ0n) is 11.0. The lowest BCUT2D eigenvalue weighted by atomic mass is 10.0. The summed E-state index contributed by atoms with van der Waals surface area (Å²) in [7, 11) is 0. The van der Waals surface area contributed by atoms with Crippen LogP contribution in [0.1, 0.15) is 40.8 Å².